The van der Waals surface area contributed by atoms with E-state index in [-0.39, 0.29) is 24.4 Å². The largest absolute Gasteiger partial charge is 0.396 e. The summed E-state index contributed by atoms with van der Waals surface area (Å²) in [7, 11) is 0. The highest BCUT2D eigenvalue weighted by Gasteiger charge is 2.27. The Morgan fingerprint density at radius 3 is 2.48 bits per heavy atom. The third kappa shape index (κ3) is 4.64. The summed E-state index contributed by atoms with van der Waals surface area (Å²) in [5.74, 6) is -0.502. The Bertz CT molecular complexity index is 761. The van der Waals surface area contributed by atoms with Crippen molar-refractivity contribution in [1.82, 2.24) is 5.32 Å². The average Bonchev–Trinajstić information content (AvgIpc) is 2.60. The molecule has 1 amide bonds. The molecule has 0 aliphatic carbocycles. The number of carbonyl (C=O) groups is 1. The summed E-state index contributed by atoms with van der Waals surface area (Å²) < 4.78 is 0. The Morgan fingerprint density at radius 1 is 1.20 bits per heavy atom. The molecule has 25 heavy (non-hydrogen) atoms. The number of carbonyl (C=O) groups excluding carboxylic acids is 1. The Balaban J connectivity index is 2.14. The second kappa shape index (κ2) is 7.90. The van der Waals surface area contributed by atoms with Gasteiger partial charge in [0.15, 0.2) is 0 Å². The van der Waals surface area contributed by atoms with Gasteiger partial charge in [0.1, 0.15) is 5.56 Å². The first-order valence-corrected chi connectivity index (χ1v) is 8.03. The maximum absolute atomic E-state index is 12.5. The molecule has 2 aromatic carbocycles. The highest BCUT2D eigenvalue weighted by molar-refractivity contribution is 5.99. The molecule has 2 aromatic rings. The van der Waals surface area contributed by atoms with Crippen LogP contribution in [0.1, 0.15) is 28.4 Å². The SMILES string of the molecule is Cc1cccc([N+](=O)[O-])c1C(=O)NCC(C)(CO)Cc1ccccc1. The molecule has 0 saturated heterocycles. The van der Waals surface area contributed by atoms with Crippen LogP contribution in [0.4, 0.5) is 5.69 Å². The first kappa shape index (κ1) is 18.6. The molecular formula is C19H22N2O4. The summed E-state index contributed by atoms with van der Waals surface area (Å²) in [5, 5.41) is 23.7. The van der Waals surface area contributed by atoms with E-state index in [1.807, 2.05) is 37.3 Å². The van der Waals surface area contributed by atoms with Gasteiger partial charge in [0.05, 0.1) is 11.5 Å². The predicted molar refractivity (Wildman–Crippen MR) is 95.5 cm³/mol. The number of nitro groups is 1. The number of aliphatic hydroxyl groups excluding tert-OH is 1. The molecule has 2 N–H and O–H groups in total. The Kier molecular flexibility index (Phi) is 5.88. The minimum absolute atomic E-state index is 0.0625. The molecule has 6 nitrogen and oxygen atoms in total. The number of benzene rings is 2. The lowest BCUT2D eigenvalue weighted by Crippen LogP contribution is -2.40. The zero-order valence-corrected chi connectivity index (χ0v) is 14.4. The molecule has 1 unspecified atom stereocenters. The molecule has 132 valence electrons. The van der Waals surface area contributed by atoms with E-state index in [1.54, 1.807) is 19.1 Å². The van der Waals surface area contributed by atoms with Gasteiger partial charge in [0, 0.05) is 18.0 Å². The molecule has 1 atom stereocenters. The summed E-state index contributed by atoms with van der Waals surface area (Å²) in [4.78, 5) is 23.1. The van der Waals surface area contributed by atoms with Crippen LogP contribution >= 0.6 is 0 Å². The maximum Gasteiger partial charge on any atom is 0.282 e. The number of hydrogen-bond acceptors (Lipinski definition) is 4. The second-order valence-electron chi connectivity index (χ2n) is 6.54. The average molecular weight is 342 g/mol. The molecule has 0 fully saturated rings. The third-order valence-corrected chi connectivity index (χ3v) is 4.21. The summed E-state index contributed by atoms with van der Waals surface area (Å²) >= 11 is 0. The Hall–Kier alpha value is -2.73. The Morgan fingerprint density at radius 2 is 1.88 bits per heavy atom. The highest BCUT2D eigenvalue weighted by Crippen LogP contribution is 2.24. The van der Waals surface area contributed by atoms with E-state index < -0.39 is 16.2 Å². The zero-order chi connectivity index (χ0) is 18.4. The van der Waals surface area contributed by atoms with Crippen molar-refractivity contribution in [3.8, 4) is 0 Å². The third-order valence-electron chi connectivity index (χ3n) is 4.21. The number of amides is 1. The monoisotopic (exact) mass is 342 g/mol. The van der Waals surface area contributed by atoms with Crippen molar-refractivity contribution in [3.63, 3.8) is 0 Å². The van der Waals surface area contributed by atoms with Crippen LogP contribution in [0.2, 0.25) is 0 Å². The zero-order valence-electron chi connectivity index (χ0n) is 14.4. The molecule has 0 radical (unpaired) electrons. The molecule has 0 aliphatic rings. The highest BCUT2D eigenvalue weighted by atomic mass is 16.6. The van der Waals surface area contributed by atoms with Crippen molar-refractivity contribution in [3.05, 3.63) is 75.3 Å². The minimum Gasteiger partial charge on any atom is -0.396 e. The van der Waals surface area contributed by atoms with E-state index in [0.717, 1.165) is 5.56 Å². The molecule has 0 bridgehead atoms. The van der Waals surface area contributed by atoms with Crippen molar-refractivity contribution < 1.29 is 14.8 Å². The van der Waals surface area contributed by atoms with Crippen LogP contribution < -0.4 is 5.32 Å². The van der Waals surface area contributed by atoms with Crippen molar-refractivity contribution in [2.45, 2.75) is 20.3 Å². The number of rotatable bonds is 7. The van der Waals surface area contributed by atoms with Gasteiger partial charge in [-0.1, -0.05) is 49.4 Å². The van der Waals surface area contributed by atoms with E-state index in [2.05, 4.69) is 5.32 Å². The number of nitrogens with zero attached hydrogens (tertiary/aromatic N) is 1. The Labute approximate surface area is 146 Å². The van der Waals surface area contributed by atoms with Gasteiger partial charge in [-0.25, -0.2) is 0 Å². The molecule has 6 heteroatoms. The number of aliphatic hydroxyl groups is 1. The lowest BCUT2D eigenvalue weighted by molar-refractivity contribution is -0.385. The topological polar surface area (TPSA) is 92.5 Å². The predicted octanol–water partition coefficient (Wildman–Crippen LogP) is 2.87. The summed E-state index contributed by atoms with van der Waals surface area (Å²) in [6.07, 6.45) is 0.584. The number of hydrogen-bond donors (Lipinski definition) is 2. The quantitative estimate of drug-likeness (QED) is 0.598. The summed E-state index contributed by atoms with van der Waals surface area (Å²) in [6.45, 7) is 3.63. The normalized spacial score (nSPS) is 13.1. The molecular weight excluding hydrogens is 320 g/mol. The summed E-state index contributed by atoms with van der Waals surface area (Å²) in [6, 6.07) is 14.2. The van der Waals surface area contributed by atoms with E-state index in [4.69, 9.17) is 0 Å². The first-order chi connectivity index (χ1) is 11.9. The number of nitro benzene ring substituents is 1. The van der Waals surface area contributed by atoms with Crippen molar-refractivity contribution in [2.75, 3.05) is 13.2 Å². The van der Waals surface area contributed by atoms with Gasteiger partial charge in [-0.2, -0.15) is 0 Å². The van der Waals surface area contributed by atoms with Gasteiger partial charge in [-0.3, -0.25) is 14.9 Å². The van der Waals surface area contributed by atoms with E-state index in [9.17, 15) is 20.0 Å². The molecule has 0 spiro atoms. The minimum atomic E-state index is -0.561. The van der Waals surface area contributed by atoms with E-state index in [0.29, 0.717) is 12.0 Å². The smallest absolute Gasteiger partial charge is 0.282 e. The van der Waals surface area contributed by atoms with Crippen LogP contribution in [0.3, 0.4) is 0 Å². The first-order valence-electron chi connectivity index (χ1n) is 8.03. The van der Waals surface area contributed by atoms with Crippen LogP contribution in [-0.2, 0) is 6.42 Å². The lowest BCUT2D eigenvalue weighted by Gasteiger charge is -2.28. The van der Waals surface area contributed by atoms with Crippen molar-refractivity contribution in [1.29, 1.82) is 0 Å². The molecule has 0 aliphatic heterocycles. The fourth-order valence-corrected chi connectivity index (χ4v) is 2.74. The molecule has 2 rings (SSSR count). The van der Waals surface area contributed by atoms with Crippen molar-refractivity contribution in [2.24, 2.45) is 5.41 Å². The van der Waals surface area contributed by atoms with E-state index >= 15 is 0 Å². The van der Waals surface area contributed by atoms with Crippen LogP contribution in [0.5, 0.6) is 0 Å². The van der Waals surface area contributed by atoms with Crippen LogP contribution in [0.15, 0.2) is 48.5 Å². The standard InChI is InChI=1S/C19H22N2O4/c1-14-7-6-10-16(21(24)25)17(14)18(23)20-12-19(2,13-22)11-15-8-4-3-5-9-15/h3-10,22H,11-13H2,1-2H3,(H,20,23). The van der Waals surface area contributed by atoms with Crippen LogP contribution in [0.25, 0.3) is 0 Å². The second-order valence-corrected chi connectivity index (χ2v) is 6.54. The fourth-order valence-electron chi connectivity index (χ4n) is 2.74. The number of nitrogens with one attached hydrogen (secondary N) is 1. The van der Waals surface area contributed by atoms with Crippen LogP contribution in [0, 0.1) is 22.5 Å². The molecule has 0 saturated carbocycles. The van der Waals surface area contributed by atoms with Gasteiger partial charge in [-0.15, -0.1) is 0 Å². The van der Waals surface area contributed by atoms with Gasteiger partial charge >= 0.3 is 0 Å². The molecule has 0 heterocycles. The van der Waals surface area contributed by atoms with Crippen LogP contribution in [-0.4, -0.2) is 29.1 Å². The maximum atomic E-state index is 12.5. The van der Waals surface area contributed by atoms with Gasteiger partial charge in [0.2, 0.25) is 0 Å². The lowest BCUT2D eigenvalue weighted by atomic mass is 9.84. The summed E-state index contributed by atoms with van der Waals surface area (Å²) in [5.41, 5.74) is 0.878. The fraction of sp³-hybridized carbons (Fsp3) is 0.316. The van der Waals surface area contributed by atoms with Gasteiger partial charge in [-0.05, 0) is 24.5 Å². The van der Waals surface area contributed by atoms with E-state index in [1.165, 1.54) is 6.07 Å². The van der Waals surface area contributed by atoms with Gasteiger partial charge in [0.25, 0.3) is 11.6 Å². The van der Waals surface area contributed by atoms with Crippen molar-refractivity contribution >= 4 is 11.6 Å². The van der Waals surface area contributed by atoms with Gasteiger partial charge < -0.3 is 10.4 Å². The molecule has 0 aromatic heterocycles. The number of aryl methyl sites for hydroxylation is 1.